The first-order valence-electron chi connectivity index (χ1n) is 8.96. The summed E-state index contributed by atoms with van der Waals surface area (Å²) in [5.74, 6) is -1.14. The predicted molar refractivity (Wildman–Crippen MR) is 112 cm³/mol. The minimum atomic E-state index is -4.00. The predicted octanol–water partition coefficient (Wildman–Crippen LogP) is 4.12. The zero-order valence-electron chi connectivity index (χ0n) is 15.8. The topological polar surface area (TPSA) is 80.8 Å². The van der Waals surface area contributed by atoms with Gasteiger partial charge in [0.1, 0.15) is 0 Å². The van der Waals surface area contributed by atoms with Gasteiger partial charge in [-0.2, -0.15) is 0 Å². The van der Waals surface area contributed by atoms with Crippen molar-refractivity contribution in [3.63, 3.8) is 0 Å². The maximum atomic E-state index is 13.5. The van der Waals surface area contributed by atoms with Crippen molar-refractivity contribution in [2.24, 2.45) is 0 Å². The van der Waals surface area contributed by atoms with Gasteiger partial charge in [-0.3, -0.25) is 4.79 Å². The van der Waals surface area contributed by atoms with Gasteiger partial charge < -0.3 is 9.64 Å². The summed E-state index contributed by atoms with van der Waals surface area (Å²) < 4.78 is 31.5. The van der Waals surface area contributed by atoms with Crippen LogP contribution in [0.1, 0.15) is 26.3 Å². The van der Waals surface area contributed by atoms with Crippen molar-refractivity contribution in [2.75, 3.05) is 12.0 Å². The first-order valence-corrected chi connectivity index (χ1v) is 10.8. The van der Waals surface area contributed by atoms with Gasteiger partial charge >= 0.3 is 5.97 Å². The third kappa shape index (κ3) is 3.26. The number of sulfone groups is 1. The first-order chi connectivity index (χ1) is 14.3. The van der Waals surface area contributed by atoms with E-state index in [4.69, 9.17) is 16.3 Å². The fourth-order valence-electron chi connectivity index (χ4n) is 3.41. The van der Waals surface area contributed by atoms with Gasteiger partial charge in [-0.1, -0.05) is 41.9 Å². The number of halogens is 1. The van der Waals surface area contributed by atoms with Crippen molar-refractivity contribution in [1.29, 1.82) is 0 Å². The van der Waals surface area contributed by atoms with Crippen molar-refractivity contribution >= 4 is 39.0 Å². The number of amides is 1. The SMILES string of the molecule is COC(=O)c1ccc2c(c1)N(Cc1ccccc1Cl)C(=O)c1ccccc1S2(=O)=O. The lowest BCUT2D eigenvalue weighted by molar-refractivity contribution is 0.0600. The fraction of sp³-hybridized carbons (Fsp3) is 0.0909. The summed E-state index contributed by atoms with van der Waals surface area (Å²) in [5.41, 5.74) is 0.924. The van der Waals surface area contributed by atoms with Crippen LogP contribution in [0.5, 0.6) is 0 Å². The molecule has 0 N–H and O–H groups in total. The van der Waals surface area contributed by atoms with Crippen LogP contribution in [0.3, 0.4) is 0 Å². The molecule has 0 saturated carbocycles. The molecule has 30 heavy (non-hydrogen) atoms. The van der Waals surface area contributed by atoms with Crippen molar-refractivity contribution < 1.29 is 22.7 Å². The Morgan fingerprint density at radius 1 is 1.00 bits per heavy atom. The molecule has 0 aromatic heterocycles. The Hall–Kier alpha value is -3.16. The summed E-state index contributed by atoms with van der Waals surface area (Å²) in [6, 6.07) is 17.1. The number of ether oxygens (including phenoxy) is 1. The first kappa shape index (κ1) is 20.1. The van der Waals surface area contributed by atoms with Gasteiger partial charge in [-0.25, -0.2) is 13.2 Å². The molecule has 1 aliphatic heterocycles. The van der Waals surface area contributed by atoms with E-state index in [1.54, 1.807) is 36.4 Å². The van der Waals surface area contributed by atoms with E-state index in [2.05, 4.69) is 0 Å². The molecule has 8 heteroatoms. The van der Waals surface area contributed by atoms with Gasteiger partial charge in [-0.05, 0) is 42.0 Å². The average Bonchev–Trinajstić information content (AvgIpc) is 2.82. The number of nitrogens with zero attached hydrogens (tertiary/aromatic N) is 1. The van der Waals surface area contributed by atoms with Crippen LogP contribution < -0.4 is 4.90 Å². The van der Waals surface area contributed by atoms with Gasteiger partial charge in [0.2, 0.25) is 9.84 Å². The van der Waals surface area contributed by atoms with Crippen LogP contribution >= 0.6 is 11.6 Å². The molecule has 0 spiro atoms. The second-order valence-electron chi connectivity index (χ2n) is 6.66. The van der Waals surface area contributed by atoms with Gasteiger partial charge in [0.15, 0.2) is 0 Å². The number of anilines is 1. The van der Waals surface area contributed by atoms with Crippen LogP contribution in [-0.2, 0) is 21.1 Å². The summed E-state index contributed by atoms with van der Waals surface area (Å²) in [5, 5.41) is 0.441. The number of methoxy groups -OCH3 is 1. The maximum absolute atomic E-state index is 13.5. The normalized spacial score (nSPS) is 14.5. The molecule has 0 radical (unpaired) electrons. The second-order valence-corrected chi connectivity index (χ2v) is 8.95. The van der Waals surface area contributed by atoms with Crippen molar-refractivity contribution in [3.05, 3.63) is 88.4 Å². The Morgan fingerprint density at radius 3 is 2.43 bits per heavy atom. The molecule has 3 aromatic carbocycles. The highest BCUT2D eigenvalue weighted by atomic mass is 35.5. The molecule has 0 fully saturated rings. The maximum Gasteiger partial charge on any atom is 0.337 e. The summed E-state index contributed by atoms with van der Waals surface area (Å²) >= 11 is 6.29. The quantitative estimate of drug-likeness (QED) is 0.571. The number of hydrogen-bond acceptors (Lipinski definition) is 5. The average molecular weight is 442 g/mol. The van der Waals surface area contributed by atoms with Crippen molar-refractivity contribution in [3.8, 4) is 0 Å². The lowest BCUT2D eigenvalue weighted by atomic mass is 10.1. The third-order valence-corrected chi connectivity index (χ3v) is 7.13. The van der Waals surface area contributed by atoms with Crippen LogP contribution in [0, 0.1) is 0 Å². The lowest BCUT2D eigenvalue weighted by Gasteiger charge is -2.24. The molecule has 1 amide bonds. The molecule has 0 unspecified atom stereocenters. The summed E-state index contributed by atoms with van der Waals surface area (Å²) in [6.45, 7) is 0.0278. The molecule has 4 rings (SSSR count). The number of esters is 1. The van der Waals surface area contributed by atoms with Gasteiger partial charge in [0.25, 0.3) is 5.91 Å². The summed E-state index contributed by atoms with van der Waals surface area (Å²) in [4.78, 5) is 26.7. The molecular formula is C22H16ClNO5S. The highest BCUT2D eigenvalue weighted by molar-refractivity contribution is 7.91. The van der Waals surface area contributed by atoms with E-state index in [9.17, 15) is 18.0 Å². The highest BCUT2D eigenvalue weighted by Gasteiger charge is 2.36. The van der Waals surface area contributed by atoms with E-state index >= 15 is 0 Å². The second kappa shape index (κ2) is 7.59. The van der Waals surface area contributed by atoms with Gasteiger partial charge in [0, 0.05) is 5.02 Å². The molecular weight excluding hydrogens is 426 g/mol. The summed E-state index contributed by atoms with van der Waals surface area (Å²) in [7, 11) is -2.77. The number of carbonyl (C=O) groups is 2. The molecule has 0 atom stereocenters. The van der Waals surface area contributed by atoms with Crippen LogP contribution in [0.15, 0.2) is 76.5 Å². The van der Waals surface area contributed by atoms with E-state index in [-0.39, 0.29) is 33.2 Å². The molecule has 0 bridgehead atoms. The Labute approximate surface area is 178 Å². The van der Waals surface area contributed by atoms with E-state index in [1.165, 1.54) is 42.3 Å². The summed E-state index contributed by atoms with van der Waals surface area (Å²) in [6.07, 6.45) is 0. The van der Waals surface area contributed by atoms with Crippen LogP contribution in [0.25, 0.3) is 0 Å². The van der Waals surface area contributed by atoms with E-state index in [0.29, 0.717) is 10.6 Å². The largest absolute Gasteiger partial charge is 0.465 e. The minimum Gasteiger partial charge on any atom is -0.465 e. The zero-order valence-corrected chi connectivity index (χ0v) is 17.4. The van der Waals surface area contributed by atoms with Crippen LogP contribution in [0.4, 0.5) is 5.69 Å². The number of benzene rings is 3. The Kier molecular flexibility index (Phi) is 5.09. The Bertz CT molecular complexity index is 1290. The number of carbonyl (C=O) groups excluding carboxylic acids is 2. The van der Waals surface area contributed by atoms with Gasteiger partial charge in [0.05, 0.1) is 40.3 Å². The monoisotopic (exact) mass is 441 g/mol. The van der Waals surface area contributed by atoms with Crippen LogP contribution in [-0.4, -0.2) is 27.4 Å². The number of hydrogen-bond donors (Lipinski definition) is 0. The van der Waals surface area contributed by atoms with E-state index in [0.717, 1.165) is 0 Å². The standard InChI is InChI=1S/C22H16ClNO5S/c1-29-22(26)14-10-11-20-18(12-14)24(13-15-6-2-4-8-17(15)23)21(25)16-7-3-5-9-19(16)30(20,27)28/h2-12H,13H2,1H3. The minimum absolute atomic E-state index is 0.0278. The zero-order chi connectivity index (χ0) is 21.5. The van der Waals surface area contributed by atoms with E-state index < -0.39 is 21.7 Å². The molecule has 1 aliphatic rings. The Morgan fingerprint density at radius 2 is 1.70 bits per heavy atom. The van der Waals surface area contributed by atoms with E-state index in [1.807, 2.05) is 0 Å². The smallest absolute Gasteiger partial charge is 0.337 e. The number of rotatable bonds is 3. The third-order valence-electron chi connectivity index (χ3n) is 4.90. The molecule has 0 saturated heterocycles. The van der Waals surface area contributed by atoms with Gasteiger partial charge in [-0.15, -0.1) is 0 Å². The fourth-order valence-corrected chi connectivity index (χ4v) is 5.23. The van der Waals surface area contributed by atoms with Crippen molar-refractivity contribution in [1.82, 2.24) is 0 Å². The lowest BCUT2D eigenvalue weighted by Crippen LogP contribution is -2.30. The number of fused-ring (bicyclic) bond motifs is 2. The molecule has 6 nitrogen and oxygen atoms in total. The van der Waals surface area contributed by atoms with Crippen LogP contribution in [0.2, 0.25) is 5.02 Å². The molecule has 1 heterocycles. The van der Waals surface area contributed by atoms with Crippen molar-refractivity contribution in [2.45, 2.75) is 16.3 Å². The molecule has 152 valence electrons. The molecule has 0 aliphatic carbocycles. The highest BCUT2D eigenvalue weighted by Crippen LogP contribution is 2.38. The Balaban J connectivity index is 2.00. The molecule has 3 aromatic rings.